The molecule has 1 aliphatic rings. The van der Waals surface area contributed by atoms with Gasteiger partial charge in [-0.2, -0.15) is 0 Å². The zero-order valence-corrected chi connectivity index (χ0v) is 16.6. The fourth-order valence-electron chi connectivity index (χ4n) is 3.23. The molecule has 0 unspecified atom stereocenters. The second kappa shape index (κ2) is 8.52. The quantitative estimate of drug-likeness (QED) is 0.541. The van der Waals surface area contributed by atoms with Crippen LogP contribution in [-0.4, -0.2) is 37.2 Å². The molecule has 0 aromatic heterocycles. The van der Waals surface area contributed by atoms with Gasteiger partial charge in [-0.05, 0) is 11.6 Å². The van der Waals surface area contributed by atoms with E-state index in [1.807, 2.05) is 42.5 Å². The summed E-state index contributed by atoms with van der Waals surface area (Å²) in [6, 6.07) is 14.9. The van der Waals surface area contributed by atoms with Gasteiger partial charge >= 0.3 is 12.1 Å². The predicted octanol–water partition coefficient (Wildman–Crippen LogP) is 3.84. The number of ether oxygens (including phenoxy) is 3. The lowest BCUT2D eigenvalue weighted by atomic mass is 9.85. The number of hydrogen-bond acceptors (Lipinski definition) is 5. The van der Waals surface area contributed by atoms with E-state index in [2.05, 4.69) is 0 Å². The lowest BCUT2D eigenvalue weighted by Crippen LogP contribution is -2.63. The summed E-state index contributed by atoms with van der Waals surface area (Å²) >= 11 is 5.92. The van der Waals surface area contributed by atoms with Crippen LogP contribution in [0.1, 0.15) is 23.6 Å². The SMILES string of the molecule is COc1cc(C2(OC(C)=O)CN(C(=O)OCc3ccccc3)C2)ccc1CCl. The molecule has 2 aromatic carbocycles. The van der Waals surface area contributed by atoms with Crippen LogP contribution in [0.15, 0.2) is 48.5 Å². The van der Waals surface area contributed by atoms with E-state index in [-0.39, 0.29) is 19.7 Å². The van der Waals surface area contributed by atoms with Crippen LogP contribution in [0, 0.1) is 0 Å². The van der Waals surface area contributed by atoms with Crippen LogP contribution in [0.4, 0.5) is 4.79 Å². The molecular formula is C21H22ClNO5. The monoisotopic (exact) mass is 403 g/mol. The number of carbonyl (C=O) groups is 2. The molecule has 3 rings (SSSR count). The summed E-state index contributed by atoms with van der Waals surface area (Å²) in [4.78, 5) is 25.5. The molecule has 0 radical (unpaired) electrons. The van der Waals surface area contributed by atoms with Gasteiger partial charge in [0.25, 0.3) is 0 Å². The van der Waals surface area contributed by atoms with Crippen molar-refractivity contribution in [1.82, 2.24) is 4.90 Å². The Kier molecular flexibility index (Phi) is 6.09. The molecule has 1 fully saturated rings. The standard InChI is InChI=1S/C21H22ClNO5/c1-15(24)28-21(18-9-8-17(11-22)19(10-18)26-2)13-23(14-21)20(25)27-12-16-6-4-3-5-7-16/h3-10H,11-14H2,1-2H3. The van der Waals surface area contributed by atoms with Crippen molar-refractivity contribution in [3.8, 4) is 5.75 Å². The summed E-state index contributed by atoms with van der Waals surface area (Å²) in [6.45, 7) is 1.96. The number of methoxy groups -OCH3 is 1. The van der Waals surface area contributed by atoms with E-state index in [0.717, 1.165) is 16.7 Å². The first-order valence-corrected chi connectivity index (χ1v) is 9.39. The van der Waals surface area contributed by atoms with Crippen LogP contribution < -0.4 is 4.74 Å². The van der Waals surface area contributed by atoms with Crippen LogP contribution in [0.5, 0.6) is 5.75 Å². The molecule has 7 heteroatoms. The third-order valence-corrected chi connectivity index (χ3v) is 4.94. The van der Waals surface area contributed by atoms with Crippen molar-refractivity contribution >= 4 is 23.7 Å². The maximum absolute atomic E-state index is 12.3. The number of amides is 1. The lowest BCUT2D eigenvalue weighted by Gasteiger charge is -2.48. The molecule has 2 aromatic rings. The zero-order valence-electron chi connectivity index (χ0n) is 15.8. The topological polar surface area (TPSA) is 65.1 Å². The number of alkyl halides is 1. The van der Waals surface area contributed by atoms with Crippen molar-refractivity contribution in [3.63, 3.8) is 0 Å². The number of hydrogen-bond donors (Lipinski definition) is 0. The van der Waals surface area contributed by atoms with Crippen molar-refractivity contribution in [2.24, 2.45) is 0 Å². The van der Waals surface area contributed by atoms with Gasteiger partial charge in [0.2, 0.25) is 0 Å². The van der Waals surface area contributed by atoms with Crippen molar-refractivity contribution in [2.75, 3.05) is 20.2 Å². The molecule has 148 valence electrons. The maximum atomic E-state index is 12.3. The van der Waals surface area contributed by atoms with E-state index in [9.17, 15) is 9.59 Å². The Morgan fingerprint density at radius 3 is 2.46 bits per heavy atom. The Morgan fingerprint density at radius 2 is 1.86 bits per heavy atom. The fraction of sp³-hybridized carbons (Fsp3) is 0.333. The van der Waals surface area contributed by atoms with Crippen molar-refractivity contribution in [2.45, 2.75) is 25.0 Å². The Labute approximate surface area is 168 Å². The number of likely N-dealkylation sites (tertiary alicyclic amines) is 1. The fourth-order valence-corrected chi connectivity index (χ4v) is 3.45. The first kappa shape index (κ1) is 20.0. The average molecular weight is 404 g/mol. The van der Waals surface area contributed by atoms with Gasteiger partial charge in [-0.25, -0.2) is 4.79 Å². The first-order valence-electron chi connectivity index (χ1n) is 8.86. The van der Waals surface area contributed by atoms with E-state index in [4.69, 9.17) is 25.8 Å². The molecule has 1 aliphatic heterocycles. The van der Waals surface area contributed by atoms with Crippen molar-refractivity contribution in [1.29, 1.82) is 0 Å². The molecule has 0 spiro atoms. The molecule has 1 heterocycles. The highest BCUT2D eigenvalue weighted by Gasteiger charge is 2.50. The van der Waals surface area contributed by atoms with Gasteiger partial charge in [0.05, 0.1) is 26.1 Å². The summed E-state index contributed by atoms with van der Waals surface area (Å²) < 4.78 is 16.3. The molecule has 1 saturated heterocycles. The van der Waals surface area contributed by atoms with E-state index in [1.54, 1.807) is 13.2 Å². The minimum atomic E-state index is -0.921. The highest BCUT2D eigenvalue weighted by molar-refractivity contribution is 6.17. The number of nitrogens with zero attached hydrogens (tertiary/aromatic N) is 1. The molecule has 0 aliphatic carbocycles. The number of esters is 1. The highest BCUT2D eigenvalue weighted by Crippen LogP contribution is 2.39. The minimum absolute atomic E-state index is 0.189. The van der Waals surface area contributed by atoms with Gasteiger partial charge in [0, 0.05) is 18.1 Å². The number of halogens is 1. The molecule has 0 bridgehead atoms. The van der Waals surface area contributed by atoms with Gasteiger partial charge in [0.15, 0.2) is 5.60 Å². The third kappa shape index (κ3) is 4.22. The smallest absolute Gasteiger partial charge is 0.410 e. The Bertz CT molecular complexity index is 849. The average Bonchev–Trinajstić information content (AvgIpc) is 2.68. The summed E-state index contributed by atoms with van der Waals surface area (Å²) in [5.41, 5.74) is 1.57. The van der Waals surface area contributed by atoms with E-state index in [0.29, 0.717) is 11.6 Å². The second-order valence-electron chi connectivity index (χ2n) is 6.64. The van der Waals surface area contributed by atoms with E-state index in [1.165, 1.54) is 11.8 Å². The van der Waals surface area contributed by atoms with Crippen LogP contribution in [0.2, 0.25) is 0 Å². The lowest BCUT2D eigenvalue weighted by molar-refractivity contribution is -0.177. The minimum Gasteiger partial charge on any atom is -0.496 e. The Balaban J connectivity index is 1.71. The summed E-state index contributed by atoms with van der Waals surface area (Å²) in [5, 5.41) is 0. The number of rotatable bonds is 6. The van der Waals surface area contributed by atoms with Crippen molar-refractivity contribution < 1.29 is 23.8 Å². The first-order chi connectivity index (χ1) is 13.5. The molecule has 0 saturated carbocycles. The second-order valence-corrected chi connectivity index (χ2v) is 6.91. The molecular weight excluding hydrogens is 382 g/mol. The molecule has 28 heavy (non-hydrogen) atoms. The van der Waals surface area contributed by atoms with Gasteiger partial charge in [-0.15, -0.1) is 11.6 Å². The van der Waals surface area contributed by atoms with Crippen LogP contribution in [0.3, 0.4) is 0 Å². The molecule has 1 amide bonds. The molecule has 6 nitrogen and oxygen atoms in total. The summed E-state index contributed by atoms with van der Waals surface area (Å²) in [7, 11) is 1.56. The van der Waals surface area contributed by atoms with Gasteiger partial charge < -0.3 is 14.2 Å². The largest absolute Gasteiger partial charge is 0.496 e. The van der Waals surface area contributed by atoms with E-state index >= 15 is 0 Å². The maximum Gasteiger partial charge on any atom is 0.410 e. The highest BCUT2D eigenvalue weighted by atomic mass is 35.5. The Hall–Kier alpha value is -2.73. The van der Waals surface area contributed by atoms with Crippen LogP contribution in [0.25, 0.3) is 0 Å². The van der Waals surface area contributed by atoms with Gasteiger partial charge in [-0.1, -0.05) is 42.5 Å². The van der Waals surface area contributed by atoms with Crippen LogP contribution >= 0.6 is 11.6 Å². The molecule has 0 N–H and O–H groups in total. The Morgan fingerprint density at radius 1 is 1.14 bits per heavy atom. The summed E-state index contributed by atoms with van der Waals surface area (Å²) in [5.74, 6) is 0.504. The van der Waals surface area contributed by atoms with Gasteiger partial charge in [0.1, 0.15) is 12.4 Å². The van der Waals surface area contributed by atoms with Crippen LogP contribution in [-0.2, 0) is 32.4 Å². The number of benzene rings is 2. The van der Waals surface area contributed by atoms with Crippen molar-refractivity contribution in [3.05, 3.63) is 65.2 Å². The summed E-state index contributed by atoms with van der Waals surface area (Å²) in [6.07, 6.45) is -0.448. The number of carbonyl (C=O) groups excluding carboxylic acids is 2. The van der Waals surface area contributed by atoms with E-state index < -0.39 is 17.7 Å². The third-order valence-electron chi connectivity index (χ3n) is 4.65. The predicted molar refractivity (Wildman–Crippen MR) is 104 cm³/mol. The molecule has 0 atom stereocenters. The zero-order chi connectivity index (χ0) is 20.1. The van der Waals surface area contributed by atoms with Gasteiger partial charge in [-0.3, -0.25) is 9.69 Å². The normalized spacial score (nSPS) is 14.8.